The standard InChI is InChI=1S/C26H34FNO2/c1-17(2)26(5,6)16-24(29)18(3)14-22-15-21(12-13-23(22)27)25(30)28-19(4)20-10-8-7-9-11-20/h7-13,15,17-19H,14,16H2,1-6H3,(H,28,30)/t18?,19-/m0/s1. The molecule has 162 valence electrons. The fraction of sp³-hybridized carbons (Fsp3) is 0.462. The van der Waals surface area contributed by atoms with Crippen LogP contribution in [-0.2, 0) is 11.2 Å². The molecule has 0 heterocycles. The zero-order valence-corrected chi connectivity index (χ0v) is 19.0. The summed E-state index contributed by atoms with van der Waals surface area (Å²) < 4.78 is 14.4. The van der Waals surface area contributed by atoms with E-state index in [1.54, 1.807) is 6.07 Å². The van der Waals surface area contributed by atoms with Crippen molar-refractivity contribution in [2.45, 2.75) is 60.4 Å². The smallest absolute Gasteiger partial charge is 0.251 e. The van der Waals surface area contributed by atoms with Gasteiger partial charge >= 0.3 is 0 Å². The molecule has 30 heavy (non-hydrogen) atoms. The molecule has 2 aromatic rings. The Hall–Kier alpha value is -2.49. The van der Waals surface area contributed by atoms with E-state index < -0.39 is 0 Å². The first-order chi connectivity index (χ1) is 14.0. The quantitative estimate of drug-likeness (QED) is 0.539. The summed E-state index contributed by atoms with van der Waals surface area (Å²) >= 11 is 0. The number of Topliss-reactive ketones (excluding diaryl/α,β-unsaturated/α-hetero) is 1. The van der Waals surface area contributed by atoms with Crippen LogP contribution in [0.3, 0.4) is 0 Å². The molecule has 0 spiro atoms. The molecule has 0 aliphatic carbocycles. The number of hydrogen-bond acceptors (Lipinski definition) is 2. The topological polar surface area (TPSA) is 46.2 Å². The zero-order valence-electron chi connectivity index (χ0n) is 19.0. The second-order valence-electron chi connectivity index (χ2n) is 9.30. The van der Waals surface area contributed by atoms with Crippen molar-refractivity contribution in [3.63, 3.8) is 0 Å². The molecular formula is C26H34FNO2. The third-order valence-corrected chi connectivity index (χ3v) is 6.22. The molecular weight excluding hydrogens is 377 g/mol. The van der Waals surface area contributed by atoms with E-state index in [1.807, 2.05) is 44.2 Å². The van der Waals surface area contributed by atoms with E-state index in [4.69, 9.17) is 0 Å². The molecule has 0 saturated carbocycles. The highest BCUT2D eigenvalue weighted by Gasteiger charge is 2.28. The Bertz CT molecular complexity index is 874. The third kappa shape index (κ3) is 6.25. The Balaban J connectivity index is 2.09. The van der Waals surface area contributed by atoms with Crippen LogP contribution >= 0.6 is 0 Å². The van der Waals surface area contributed by atoms with Crippen molar-refractivity contribution >= 4 is 11.7 Å². The predicted molar refractivity (Wildman–Crippen MR) is 120 cm³/mol. The molecule has 0 bridgehead atoms. The van der Waals surface area contributed by atoms with Crippen LogP contribution in [0.1, 0.15) is 75.5 Å². The monoisotopic (exact) mass is 411 g/mol. The maximum Gasteiger partial charge on any atom is 0.251 e. The number of carbonyl (C=O) groups excluding carboxylic acids is 2. The Morgan fingerprint density at radius 2 is 1.63 bits per heavy atom. The number of hydrogen-bond donors (Lipinski definition) is 1. The van der Waals surface area contributed by atoms with Crippen LogP contribution in [-0.4, -0.2) is 11.7 Å². The van der Waals surface area contributed by atoms with Crippen molar-refractivity contribution in [3.05, 3.63) is 71.0 Å². The molecule has 1 N–H and O–H groups in total. The molecule has 0 aromatic heterocycles. The molecule has 0 aliphatic heterocycles. The zero-order chi connectivity index (χ0) is 22.5. The molecule has 0 radical (unpaired) electrons. The molecule has 4 heteroatoms. The van der Waals surface area contributed by atoms with Gasteiger partial charge in [-0.25, -0.2) is 4.39 Å². The highest BCUT2D eigenvalue weighted by Crippen LogP contribution is 2.32. The van der Waals surface area contributed by atoms with E-state index >= 15 is 0 Å². The highest BCUT2D eigenvalue weighted by atomic mass is 19.1. The summed E-state index contributed by atoms with van der Waals surface area (Å²) in [5, 5.41) is 2.95. The maximum atomic E-state index is 14.4. The van der Waals surface area contributed by atoms with Crippen LogP contribution in [0.5, 0.6) is 0 Å². The lowest BCUT2D eigenvalue weighted by molar-refractivity contribution is -0.124. The van der Waals surface area contributed by atoms with Crippen LogP contribution in [0.4, 0.5) is 4.39 Å². The first kappa shape index (κ1) is 23.8. The molecule has 2 rings (SSSR count). The summed E-state index contributed by atoms with van der Waals surface area (Å²) in [6.45, 7) is 12.1. The first-order valence-electron chi connectivity index (χ1n) is 10.7. The molecule has 0 aliphatic rings. The van der Waals surface area contributed by atoms with Gasteiger partial charge in [0, 0.05) is 17.9 Å². The van der Waals surface area contributed by atoms with Gasteiger partial charge < -0.3 is 5.32 Å². The molecule has 0 saturated heterocycles. The minimum absolute atomic E-state index is 0.0980. The van der Waals surface area contributed by atoms with Gasteiger partial charge in [0.25, 0.3) is 5.91 Å². The van der Waals surface area contributed by atoms with Crippen LogP contribution in [0.15, 0.2) is 48.5 Å². The van der Waals surface area contributed by atoms with E-state index in [1.165, 1.54) is 12.1 Å². The van der Waals surface area contributed by atoms with Crippen LogP contribution in [0.25, 0.3) is 0 Å². The lowest BCUT2D eigenvalue weighted by Gasteiger charge is -2.29. The lowest BCUT2D eigenvalue weighted by atomic mass is 9.75. The summed E-state index contributed by atoms with van der Waals surface area (Å²) in [4.78, 5) is 25.4. The summed E-state index contributed by atoms with van der Waals surface area (Å²) in [5.41, 5.74) is 1.70. The van der Waals surface area contributed by atoms with Gasteiger partial charge in [-0.15, -0.1) is 0 Å². The number of benzene rings is 2. The summed E-state index contributed by atoms with van der Waals surface area (Å²) in [7, 11) is 0. The van der Waals surface area contributed by atoms with E-state index in [-0.39, 0.29) is 41.3 Å². The summed E-state index contributed by atoms with van der Waals surface area (Å²) in [5.74, 6) is -0.443. The molecule has 2 aromatic carbocycles. The highest BCUT2D eigenvalue weighted by molar-refractivity contribution is 5.94. The first-order valence-corrected chi connectivity index (χ1v) is 10.7. The van der Waals surface area contributed by atoms with E-state index in [2.05, 4.69) is 33.0 Å². The number of carbonyl (C=O) groups is 2. The predicted octanol–water partition coefficient (Wildman–Crippen LogP) is 6.14. The Morgan fingerprint density at radius 1 is 1.00 bits per heavy atom. The SMILES string of the molecule is CC(Cc1cc(C(=O)N[C@@H](C)c2ccccc2)ccc1F)C(=O)CC(C)(C)C(C)C. The van der Waals surface area contributed by atoms with Gasteiger partial charge in [-0.1, -0.05) is 65.0 Å². The number of nitrogens with one attached hydrogen (secondary N) is 1. The molecule has 2 atom stereocenters. The van der Waals surface area contributed by atoms with Crippen molar-refractivity contribution < 1.29 is 14.0 Å². The summed E-state index contributed by atoms with van der Waals surface area (Å²) in [6, 6.07) is 13.9. The Kier molecular flexibility index (Phi) is 7.94. The van der Waals surface area contributed by atoms with Crippen molar-refractivity contribution in [1.29, 1.82) is 0 Å². The number of halogens is 1. The van der Waals surface area contributed by atoms with Crippen LogP contribution in [0.2, 0.25) is 0 Å². The molecule has 3 nitrogen and oxygen atoms in total. The Morgan fingerprint density at radius 3 is 2.23 bits per heavy atom. The number of ketones is 1. The van der Waals surface area contributed by atoms with Crippen molar-refractivity contribution in [2.24, 2.45) is 17.3 Å². The fourth-order valence-electron chi connectivity index (χ4n) is 3.25. The second kappa shape index (κ2) is 10.0. The van der Waals surface area contributed by atoms with Crippen molar-refractivity contribution in [3.8, 4) is 0 Å². The maximum absolute atomic E-state index is 14.4. The average molecular weight is 412 g/mol. The molecule has 1 amide bonds. The number of amides is 1. The minimum Gasteiger partial charge on any atom is -0.346 e. The van der Waals surface area contributed by atoms with Crippen LogP contribution in [0, 0.1) is 23.1 Å². The third-order valence-electron chi connectivity index (χ3n) is 6.22. The lowest BCUT2D eigenvalue weighted by Crippen LogP contribution is -2.28. The van der Waals surface area contributed by atoms with Crippen molar-refractivity contribution in [1.82, 2.24) is 5.32 Å². The van der Waals surface area contributed by atoms with E-state index in [0.29, 0.717) is 23.5 Å². The Labute approximate surface area is 180 Å². The van der Waals surface area contributed by atoms with Gasteiger partial charge in [-0.05, 0) is 54.0 Å². The van der Waals surface area contributed by atoms with E-state index in [9.17, 15) is 14.0 Å². The van der Waals surface area contributed by atoms with Gasteiger partial charge in [0.1, 0.15) is 11.6 Å². The molecule has 0 fully saturated rings. The fourth-order valence-corrected chi connectivity index (χ4v) is 3.25. The minimum atomic E-state index is -0.384. The average Bonchev–Trinajstić information content (AvgIpc) is 2.69. The largest absolute Gasteiger partial charge is 0.346 e. The van der Waals surface area contributed by atoms with Crippen molar-refractivity contribution in [2.75, 3.05) is 0 Å². The summed E-state index contributed by atoms with van der Waals surface area (Å²) in [6.07, 6.45) is 0.746. The number of rotatable bonds is 9. The van der Waals surface area contributed by atoms with Gasteiger partial charge in [0.15, 0.2) is 0 Å². The molecule has 1 unspecified atom stereocenters. The van der Waals surface area contributed by atoms with Crippen LogP contribution < -0.4 is 5.32 Å². The van der Waals surface area contributed by atoms with Gasteiger partial charge in [-0.3, -0.25) is 9.59 Å². The van der Waals surface area contributed by atoms with E-state index in [0.717, 1.165) is 5.56 Å². The van der Waals surface area contributed by atoms with Gasteiger partial charge in [-0.2, -0.15) is 0 Å². The van der Waals surface area contributed by atoms with Gasteiger partial charge in [0.2, 0.25) is 0 Å². The normalized spacial score (nSPS) is 13.7. The second-order valence-corrected chi connectivity index (χ2v) is 9.30. The van der Waals surface area contributed by atoms with Gasteiger partial charge in [0.05, 0.1) is 6.04 Å².